The van der Waals surface area contributed by atoms with Crippen molar-refractivity contribution in [1.29, 1.82) is 0 Å². The number of nitrogens with zero attached hydrogens (tertiary/aromatic N) is 2. The second-order valence-electron chi connectivity index (χ2n) is 6.22. The maximum atomic E-state index is 11.6. The highest BCUT2D eigenvalue weighted by atomic mass is 16.2. The number of hydrazone groups is 2. The maximum absolute atomic E-state index is 11.6. The van der Waals surface area contributed by atoms with E-state index in [9.17, 15) is 9.59 Å². The molecule has 0 aromatic rings. The van der Waals surface area contributed by atoms with E-state index in [1.54, 1.807) is 12.4 Å². The van der Waals surface area contributed by atoms with Gasteiger partial charge >= 0.3 is 0 Å². The normalized spacial score (nSPS) is 23.7. The van der Waals surface area contributed by atoms with Crippen LogP contribution in [0.5, 0.6) is 0 Å². The lowest BCUT2D eigenvalue weighted by Gasteiger charge is -2.12. The topological polar surface area (TPSA) is 82.9 Å². The van der Waals surface area contributed by atoms with Crippen molar-refractivity contribution in [3.05, 3.63) is 24.3 Å². The van der Waals surface area contributed by atoms with Gasteiger partial charge in [-0.15, -0.1) is 0 Å². The summed E-state index contributed by atoms with van der Waals surface area (Å²) in [6.45, 7) is 0. The van der Waals surface area contributed by atoms with Crippen LogP contribution in [0, 0.1) is 11.8 Å². The molecule has 0 fully saturated rings. The van der Waals surface area contributed by atoms with Crippen LogP contribution in [0.2, 0.25) is 0 Å². The second kappa shape index (κ2) is 10.5. The molecule has 2 aliphatic rings. The lowest BCUT2D eigenvalue weighted by molar-refractivity contribution is -0.126. The number of hydrogen-bond donors (Lipinski definition) is 2. The Balaban J connectivity index is 1.56. The van der Waals surface area contributed by atoms with Crippen molar-refractivity contribution in [2.45, 2.75) is 51.4 Å². The molecule has 0 saturated heterocycles. The molecule has 130 valence electrons. The van der Waals surface area contributed by atoms with Crippen LogP contribution in [0.4, 0.5) is 0 Å². The van der Waals surface area contributed by atoms with Crippen LogP contribution >= 0.6 is 0 Å². The summed E-state index contributed by atoms with van der Waals surface area (Å²) in [7, 11) is 0. The van der Waals surface area contributed by atoms with Crippen molar-refractivity contribution in [2.75, 3.05) is 0 Å². The van der Waals surface area contributed by atoms with Gasteiger partial charge in [0.15, 0.2) is 0 Å². The van der Waals surface area contributed by atoms with E-state index in [1.165, 1.54) is 0 Å². The summed E-state index contributed by atoms with van der Waals surface area (Å²) in [5.41, 5.74) is 4.95. The van der Waals surface area contributed by atoms with E-state index in [2.05, 4.69) is 45.4 Å². The van der Waals surface area contributed by atoms with Crippen molar-refractivity contribution < 1.29 is 9.59 Å². The van der Waals surface area contributed by atoms with E-state index in [4.69, 9.17) is 0 Å². The first-order chi connectivity index (χ1) is 11.7. The minimum absolute atomic E-state index is 0.107. The largest absolute Gasteiger partial charge is 0.273 e. The number of carbonyl (C=O) groups excluding carboxylic acids is 2. The molecule has 0 heterocycles. The molecule has 6 nitrogen and oxygen atoms in total. The summed E-state index contributed by atoms with van der Waals surface area (Å²) >= 11 is 0. The number of amides is 2. The van der Waals surface area contributed by atoms with Crippen LogP contribution in [0.25, 0.3) is 0 Å². The number of nitrogens with one attached hydrogen (secondary N) is 2. The monoisotopic (exact) mass is 330 g/mol. The van der Waals surface area contributed by atoms with E-state index in [0.29, 0.717) is 11.8 Å². The molecule has 0 spiro atoms. The molecular weight excluding hydrogens is 304 g/mol. The smallest absolute Gasteiger partial charge is 0.240 e. The summed E-state index contributed by atoms with van der Waals surface area (Å²) in [5.74, 6) is 0.272. The van der Waals surface area contributed by atoms with Gasteiger partial charge in [0.2, 0.25) is 11.8 Å². The van der Waals surface area contributed by atoms with Gasteiger partial charge in [0.25, 0.3) is 0 Å². The van der Waals surface area contributed by atoms with Gasteiger partial charge in [0, 0.05) is 25.3 Å². The average molecular weight is 330 g/mol. The van der Waals surface area contributed by atoms with E-state index in [1.807, 2.05) is 0 Å². The number of allylic oxidation sites excluding steroid dienone is 4. The van der Waals surface area contributed by atoms with Gasteiger partial charge in [0.1, 0.15) is 0 Å². The fourth-order valence-electron chi connectivity index (χ4n) is 2.67. The molecule has 0 bridgehead atoms. The summed E-state index contributed by atoms with van der Waals surface area (Å²) in [6, 6.07) is 0. The Labute approximate surface area is 143 Å². The third-order valence-corrected chi connectivity index (χ3v) is 4.15. The Morgan fingerprint density at radius 1 is 0.833 bits per heavy atom. The van der Waals surface area contributed by atoms with Crippen LogP contribution in [-0.2, 0) is 9.59 Å². The molecule has 24 heavy (non-hydrogen) atoms. The molecule has 0 saturated carbocycles. The zero-order valence-electron chi connectivity index (χ0n) is 14.0. The lowest BCUT2D eigenvalue weighted by Crippen LogP contribution is -2.23. The fourth-order valence-corrected chi connectivity index (χ4v) is 2.67. The molecule has 0 aliphatic heterocycles. The number of carbonyl (C=O) groups is 2. The molecule has 0 radical (unpaired) electrons. The fraction of sp³-hybridized carbons (Fsp3) is 0.556. The van der Waals surface area contributed by atoms with Crippen LogP contribution in [-0.4, -0.2) is 24.2 Å². The second-order valence-corrected chi connectivity index (χ2v) is 6.22. The van der Waals surface area contributed by atoms with Crippen LogP contribution in [0.1, 0.15) is 51.4 Å². The first-order valence-electron chi connectivity index (χ1n) is 8.68. The Morgan fingerprint density at radius 3 is 1.67 bits per heavy atom. The van der Waals surface area contributed by atoms with Crippen molar-refractivity contribution in [3.8, 4) is 0 Å². The van der Waals surface area contributed by atoms with Gasteiger partial charge in [-0.1, -0.05) is 24.3 Å². The maximum Gasteiger partial charge on any atom is 0.240 e. The minimum atomic E-state index is -0.255. The highest BCUT2D eigenvalue weighted by Gasteiger charge is 2.09. The van der Waals surface area contributed by atoms with Gasteiger partial charge in [-0.2, -0.15) is 10.2 Å². The summed E-state index contributed by atoms with van der Waals surface area (Å²) < 4.78 is 0. The van der Waals surface area contributed by atoms with Gasteiger partial charge in [-0.3, -0.25) is 9.59 Å². The zero-order valence-corrected chi connectivity index (χ0v) is 14.0. The molecule has 2 aliphatic carbocycles. The molecule has 6 heteroatoms. The third kappa shape index (κ3) is 7.35. The minimum Gasteiger partial charge on any atom is -0.273 e. The predicted molar refractivity (Wildman–Crippen MR) is 95.5 cm³/mol. The summed E-state index contributed by atoms with van der Waals surface area (Å²) in [5, 5.41) is 7.94. The Bertz CT molecular complexity index is 489. The number of rotatable bonds is 7. The molecule has 0 aromatic carbocycles. The van der Waals surface area contributed by atoms with Crippen LogP contribution in [0.3, 0.4) is 0 Å². The summed E-state index contributed by atoms with van der Waals surface area (Å²) in [6.07, 6.45) is 18.6. The van der Waals surface area contributed by atoms with E-state index < -0.39 is 0 Å². The SMILES string of the molecule is O=C(CCC(=O)N/N=C\[C@H]1CC=CCC1)N/N=C\[C@H]1CC=CCC1. The third-order valence-electron chi connectivity index (χ3n) is 4.15. The van der Waals surface area contributed by atoms with Crippen molar-refractivity contribution >= 4 is 24.2 Å². The van der Waals surface area contributed by atoms with Crippen molar-refractivity contribution in [3.63, 3.8) is 0 Å². The van der Waals surface area contributed by atoms with Gasteiger partial charge in [0.05, 0.1) is 0 Å². The zero-order chi connectivity index (χ0) is 17.0. The molecule has 0 unspecified atom stereocenters. The Hall–Kier alpha value is -2.24. The molecule has 2 rings (SSSR count). The quantitative estimate of drug-likeness (QED) is 0.427. The molecule has 2 atom stereocenters. The average Bonchev–Trinajstić information content (AvgIpc) is 2.62. The lowest BCUT2D eigenvalue weighted by atomic mass is 9.96. The Morgan fingerprint density at radius 2 is 1.29 bits per heavy atom. The predicted octanol–water partition coefficient (Wildman–Crippen LogP) is 2.68. The van der Waals surface area contributed by atoms with E-state index in [0.717, 1.165) is 38.5 Å². The van der Waals surface area contributed by atoms with E-state index in [-0.39, 0.29) is 24.7 Å². The number of hydrogen-bond acceptors (Lipinski definition) is 4. The van der Waals surface area contributed by atoms with Gasteiger partial charge in [-0.25, -0.2) is 10.9 Å². The standard InChI is InChI=1S/C18H26N4O2/c23-17(21-19-13-15-7-3-1-4-8-15)11-12-18(24)22-20-14-16-9-5-2-6-10-16/h1-3,5,13-16H,4,6-12H2,(H,21,23)(H,22,24)/b19-13-,20-14-/t15-,16-/m0/s1. The summed E-state index contributed by atoms with van der Waals surface area (Å²) in [4.78, 5) is 23.3. The Kier molecular flexibility index (Phi) is 7.93. The highest BCUT2D eigenvalue weighted by molar-refractivity contribution is 5.84. The van der Waals surface area contributed by atoms with Crippen molar-refractivity contribution in [1.82, 2.24) is 10.9 Å². The molecular formula is C18H26N4O2. The van der Waals surface area contributed by atoms with Crippen LogP contribution in [0.15, 0.2) is 34.5 Å². The molecule has 2 amide bonds. The molecule has 2 N–H and O–H groups in total. The first-order valence-corrected chi connectivity index (χ1v) is 8.68. The van der Waals surface area contributed by atoms with Gasteiger partial charge in [-0.05, 0) is 50.4 Å². The first kappa shape index (κ1) is 18.1. The van der Waals surface area contributed by atoms with Crippen LogP contribution < -0.4 is 10.9 Å². The van der Waals surface area contributed by atoms with Crippen molar-refractivity contribution in [2.24, 2.45) is 22.0 Å². The van der Waals surface area contributed by atoms with Gasteiger partial charge < -0.3 is 0 Å². The molecule has 0 aromatic heterocycles. The van der Waals surface area contributed by atoms with E-state index >= 15 is 0 Å². The highest BCUT2D eigenvalue weighted by Crippen LogP contribution is 2.16.